The fraction of sp³-hybridized carbons (Fsp3) is 0. The molecular formula is C57H34N4S. The Morgan fingerprint density at radius 3 is 1.84 bits per heavy atom. The van der Waals surface area contributed by atoms with E-state index < -0.39 is 0 Å². The Morgan fingerprint density at radius 2 is 0.968 bits per heavy atom. The minimum absolute atomic E-state index is 0.623. The predicted octanol–water partition coefficient (Wildman–Crippen LogP) is 15.5. The van der Waals surface area contributed by atoms with E-state index in [0.29, 0.717) is 17.5 Å². The molecule has 0 aliphatic carbocycles. The highest BCUT2D eigenvalue weighted by atomic mass is 32.1. The van der Waals surface area contributed by atoms with Gasteiger partial charge in [-0.25, -0.2) is 15.0 Å². The molecule has 0 atom stereocenters. The maximum atomic E-state index is 5.45. The highest BCUT2D eigenvalue weighted by Crippen LogP contribution is 2.45. The number of hydrogen-bond donors (Lipinski definition) is 0. The number of benzene rings is 10. The molecule has 288 valence electrons. The summed E-state index contributed by atoms with van der Waals surface area (Å²) in [6.07, 6.45) is 0. The monoisotopic (exact) mass is 806 g/mol. The molecule has 0 saturated heterocycles. The van der Waals surface area contributed by atoms with Crippen molar-refractivity contribution in [2.75, 3.05) is 0 Å². The summed E-state index contributed by atoms with van der Waals surface area (Å²) < 4.78 is 4.93. The Bertz CT molecular complexity index is 3940. The highest BCUT2D eigenvalue weighted by Gasteiger charge is 2.22. The minimum Gasteiger partial charge on any atom is -0.309 e. The second-order valence-corrected chi connectivity index (χ2v) is 17.0. The van der Waals surface area contributed by atoms with Crippen molar-refractivity contribution < 1.29 is 0 Å². The summed E-state index contributed by atoms with van der Waals surface area (Å²) in [6, 6.07) is 74.0. The summed E-state index contributed by atoms with van der Waals surface area (Å²) in [5.74, 6) is 1.89. The van der Waals surface area contributed by atoms with Crippen LogP contribution in [0.4, 0.5) is 0 Å². The number of rotatable bonds is 5. The zero-order chi connectivity index (χ0) is 40.7. The first kappa shape index (κ1) is 34.8. The van der Waals surface area contributed by atoms with Crippen LogP contribution < -0.4 is 0 Å². The standard InChI is InChI=1S/C57H34N4S/c1-2-15-36(16-3-1)55-58-56(45-24-12-22-41-40-19-7-6-14-35(40)28-30-42(41)45)60-57(59-55)46-31-29-39(34-48(46)44-23-13-27-53-54(44)47-21-9-11-26-52(47)62-53)61-50-25-10-8-20-43(50)49-32-37-17-4-5-18-38(37)33-51(49)61/h1-34H. The second-order valence-electron chi connectivity index (χ2n) is 15.9. The Labute approximate surface area is 360 Å². The molecule has 0 N–H and O–H groups in total. The van der Waals surface area contributed by atoms with E-state index in [-0.39, 0.29) is 0 Å². The lowest BCUT2D eigenvalue weighted by Crippen LogP contribution is -2.02. The predicted molar refractivity (Wildman–Crippen MR) is 261 cm³/mol. The van der Waals surface area contributed by atoms with Crippen LogP contribution in [0.5, 0.6) is 0 Å². The van der Waals surface area contributed by atoms with Crippen molar-refractivity contribution in [3.05, 3.63) is 206 Å². The van der Waals surface area contributed by atoms with Gasteiger partial charge >= 0.3 is 0 Å². The number of para-hydroxylation sites is 1. The maximum absolute atomic E-state index is 5.45. The zero-order valence-corrected chi connectivity index (χ0v) is 34.1. The van der Waals surface area contributed by atoms with Crippen LogP contribution in [0.1, 0.15) is 0 Å². The molecule has 10 aromatic carbocycles. The molecule has 0 fully saturated rings. The molecule has 0 saturated carbocycles. The van der Waals surface area contributed by atoms with E-state index >= 15 is 0 Å². The molecule has 0 spiro atoms. The van der Waals surface area contributed by atoms with Crippen molar-refractivity contribution in [2.45, 2.75) is 0 Å². The molecular weight excluding hydrogens is 773 g/mol. The summed E-state index contributed by atoms with van der Waals surface area (Å²) >= 11 is 1.83. The van der Waals surface area contributed by atoms with Crippen molar-refractivity contribution in [3.63, 3.8) is 0 Å². The summed E-state index contributed by atoms with van der Waals surface area (Å²) in [5, 5.41) is 12.1. The molecule has 0 amide bonds. The number of fused-ring (bicyclic) bond motifs is 10. The summed E-state index contributed by atoms with van der Waals surface area (Å²) in [6.45, 7) is 0. The molecule has 0 aliphatic heterocycles. The fourth-order valence-electron chi connectivity index (χ4n) is 9.59. The van der Waals surface area contributed by atoms with E-state index in [9.17, 15) is 0 Å². The van der Waals surface area contributed by atoms with E-state index in [4.69, 9.17) is 15.0 Å². The normalized spacial score (nSPS) is 11.9. The molecule has 13 aromatic rings. The van der Waals surface area contributed by atoms with E-state index in [1.54, 1.807) is 0 Å². The molecule has 0 aliphatic rings. The Hall–Kier alpha value is -7.99. The van der Waals surface area contributed by atoms with E-state index in [1.165, 1.54) is 63.4 Å². The van der Waals surface area contributed by atoms with Gasteiger partial charge in [0.05, 0.1) is 11.0 Å². The van der Waals surface area contributed by atoms with Crippen LogP contribution in [-0.4, -0.2) is 19.5 Å². The van der Waals surface area contributed by atoms with Gasteiger partial charge < -0.3 is 4.57 Å². The molecule has 4 nitrogen and oxygen atoms in total. The van der Waals surface area contributed by atoms with Gasteiger partial charge in [0.15, 0.2) is 17.5 Å². The first-order valence-corrected chi connectivity index (χ1v) is 21.7. The highest BCUT2D eigenvalue weighted by molar-refractivity contribution is 7.25. The first-order chi connectivity index (χ1) is 30.7. The van der Waals surface area contributed by atoms with Crippen molar-refractivity contribution >= 4 is 85.6 Å². The van der Waals surface area contributed by atoms with Gasteiger partial charge in [0.2, 0.25) is 0 Å². The van der Waals surface area contributed by atoms with Crippen molar-refractivity contribution in [1.29, 1.82) is 0 Å². The summed E-state index contributed by atoms with van der Waals surface area (Å²) in [7, 11) is 0. The largest absolute Gasteiger partial charge is 0.309 e. The molecule has 3 heterocycles. The molecule has 13 rings (SSSR count). The average Bonchev–Trinajstić information content (AvgIpc) is 3.88. The first-order valence-electron chi connectivity index (χ1n) is 20.9. The van der Waals surface area contributed by atoms with Gasteiger partial charge in [-0.3, -0.25) is 0 Å². The van der Waals surface area contributed by atoms with Gasteiger partial charge in [-0.15, -0.1) is 11.3 Å². The third-order valence-corrected chi connectivity index (χ3v) is 13.6. The topological polar surface area (TPSA) is 43.6 Å². The number of nitrogens with zero attached hydrogens (tertiary/aromatic N) is 4. The number of hydrogen-bond acceptors (Lipinski definition) is 4. The Balaban J connectivity index is 1.12. The van der Waals surface area contributed by atoms with Crippen molar-refractivity contribution in [3.8, 4) is 51.0 Å². The molecule has 0 radical (unpaired) electrons. The van der Waals surface area contributed by atoms with Gasteiger partial charge in [-0.2, -0.15) is 0 Å². The van der Waals surface area contributed by atoms with Gasteiger partial charge in [-0.1, -0.05) is 158 Å². The minimum atomic E-state index is 0.623. The van der Waals surface area contributed by atoms with Crippen molar-refractivity contribution in [2.24, 2.45) is 0 Å². The lowest BCUT2D eigenvalue weighted by molar-refractivity contribution is 1.08. The fourth-order valence-corrected chi connectivity index (χ4v) is 10.7. The van der Waals surface area contributed by atoms with Crippen LogP contribution in [0.25, 0.3) is 125 Å². The molecule has 0 unspecified atom stereocenters. The lowest BCUT2D eigenvalue weighted by atomic mass is 9.94. The van der Waals surface area contributed by atoms with Crippen LogP contribution in [0.2, 0.25) is 0 Å². The van der Waals surface area contributed by atoms with E-state index in [0.717, 1.165) is 44.4 Å². The van der Waals surface area contributed by atoms with Gasteiger partial charge in [0.25, 0.3) is 0 Å². The average molecular weight is 807 g/mol. The van der Waals surface area contributed by atoms with Crippen LogP contribution >= 0.6 is 11.3 Å². The van der Waals surface area contributed by atoms with Gasteiger partial charge in [0.1, 0.15) is 0 Å². The van der Waals surface area contributed by atoms with Gasteiger partial charge in [0, 0.05) is 53.3 Å². The summed E-state index contributed by atoms with van der Waals surface area (Å²) in [4.78, 5) is 16.0. The molecule has 3 aromatic heterocycles. The van der Waals surface area contributed by atoms with Crippen LogP contribution in [-0.2, 0) is 0 Å². The molecule has 62 heavy (non-hydrogen) atoms. The second kappa shape index (κ2) is 13.8. The zero-order valence-electron chi connectivity index (χ0n) is 33.3. The van der Waals surface area contributed by atoms with E-state index in [1.807, 2.05) is 29.5 Å². The number of thiophene rings is 1. The van der Waals surface area contributed by atoms with Crippen LogP contribution in [0, 0.1) is 0 Å². The smallest absolute Gasteiger partial charge is 0.164 e. The molecule has 5 heteroatoms. The lowest BCUT2D eigenvalue weighted by Gasteiger charge is -2.17. The van der Waals surface area contributed by atoms with Crippen molar-refractivity contribution in [1.82, 2.24) is 19.5 Å². The third-order valence-electron chi connectivity index (χ3n) is 12.4. The van der Waals surface area contributed by atoms with Crippen LogP contribution in [0.3, 0.4) is 0 Å². The quantitative estimate of drug-likeness (QED) is 0.163. The maximum Gasteiger partial charge on any atom is 0.164 e. The molecule has 0 bridgehead atoms. The van der Waals surface area contributed by atoms with Crippen LogP contribution in [0.15, 0.2) is 206 Å². The SMILES string of the molecule is c1ccc(-c2nc(-c3ccc(-n4c5ccccc5c5cc6ccccc6cc54)cc3-c3cccc4sc5ccccc5c34)nc(-c3cccc4c3ccc3ccccc34)n2)cc1. The van der Waals surface area contributed by atoms with Gasteiger partial charge in [-0.05, 0) is 92.0 Å². The Kier molecular flexibility index (Phi) is 7.74. The Morgan fingerprint density at radius 1 is 0.323 bits per heavy atom. The van der Waals surface area contributed by atoms with E-state index in [2.05, 4.69) is 193 Å². The third kappa shape index (κ3) is 5.42. The number of aromatic nitrogens is 4. The summed E-state index contributed by atoms with van der Waals surface area (Å²) in [5.41, 5.74) is 8.44.